The largest absolute Gasteiger partial charge is 0.454 e. The molecule has 0 atom stereocenters. The highest BCUT2D eigenvalue weighted by Crippen LogP contribution is 2.27. The average Bonchev–Trinajstić information content (AvgIpc) is 3.27. The predicted octanol–water partition coefficient (Wildman–Crippen LogP) is 3.43. The van der Waals surface area contributed by atoms with E-state index in [-0.39, 0.29) is 29.4 Å². The molecule has 0 unspecified atom stereocenters. The molecule has 0 saturated heterocycles. The summed E-state index contributed by atoms with van der Waals surface area (Å²) in [5.74, 6) is -2.04. The zero-order valence-corrected chi connectivity index (χ0v) is 13.8. The van der Waals surface area contributed by atoms with Crippen LogP contribution in [0.15, 0.2) is 47.1 Å². The van der Waals surface area contributed by atoms with Gasteiger partial charge in [0.2, 0.25) is 0 Å². The number of nitrogens with one attached hydrogen (secondary N) is 1. The first kappa shape index (κ1) is 18.9. The maximum Gasteiger partial charge on any atom is 0.387 e. The number of halogens is 3. The van der Waals surface area contributed by atoms with Gasteiger partial charge in [-0.15, -0.1) is 0 Å². The second-order valence-corrected chi connectivity index (χ2v) is 5.39. The predicted molar refractivity (Wildman–Crippen MR) is 87.7 cm³/mol. The molecule has 0 saturated carbocycles. The third-order valence-electron chi connectivity index (χ3n) is 3.44. The summed E-state index contributed by atoms with van der Waals surface area (Å²) in [6.45, 7) is -3.18. The summed E-state index contributed by atoms with van der Waals surface area (Å²) in [6, 6.07) is 5.51. The monoisotopic (exact) mass is 396 g/mol. The number of ether oxygens (including phenoxy) is 1. The fourth-order valence-corrected chi connectivity index (χ4v) is 2.25. The van der Waals surface area contributed by atoms with Crippen molar-refractivity contribution in [2.45, 2.75) is 13.2 Å². The van der Waals surface area contributed by atoms with Crippen LogP contribution in [0.25, 0.3) is 0 Å². The van der Waals surface area contributed by atoms with Crippen molar-refractivity contribution in [2.24, 2.45) is 0 Å². The molecule has 0 radical (unpaired) electrons. The minimum atomic E-state index is -3.20. The maximum absolute atomic E-state index is 13.2. The van der Waals surface area contributed by atoms with Crippen molar-refractivity contribution >= 4 is 17.3 Å². The third kappa shape index (κ3) is 4.47. The topological polar surface area (TPSA) is 112 Å². The molecular weight excluding hydrogens is 385 g/mol. The van der Waals surface area contributed by atoms with Crippen molar-refractivity contribution in [3.63, 3.8) is 0 Å². The zero-order valence-electron chi connectivity index (χ0n) is 13.8. The SMILES string of the molecule is O=C(Nc1ccc(F)cc1OC(F)F)c1ccc(Cn2cc([N+](=O)[O-])cn2)o1. The molecule has 0 fully saturated rings. The summed E-state index contributed by atoms with van der Waals surface area (Å²) >= 11 is 0. The summed E-state index contributed by atoms with van der Waals surface area (Å²) in [6.07, 6.45) is 2.25. The second-order valence-electron chi connectivity index (χ2n) is 5.39. The van der Waals surface area contributed by atoms with Crippen LogP contribution in [0.1, 0.15) is 16.3 Å². The molecule has 1 aromatic carbocycles. The van der Waals surface area contributed by atoms with Gasteiger partial charge in [-0.25, -0.2) is 4.39 Å². The standard InChI is InChI=1S/C16H11F3N4O5/c17-9-1-3-12(14(5-9)28-16(18)19)21-15(24)13-4-2-11(27-13)8-22-7-10(6-20-22)23(25)26/h1-7,16H,8H2,(H,21,24). The van der Waals surface area contributed by atoms with Crippen LogP contribution >= 0.6 is 0 Å². The number of anilines is 1. The van der Waals surface area contributed by atoms with Crippen LogP contribution in [0.3, 0.4) is 0 Å². The molecule has 146 valence electrons. The molecule has 0 bridgehead atoms. The van der Waals surface area contributed by atoms with Gasteiger partial charge in [-0.05, 0) is 24.3 Å². The Morgan fingerprint density at radius 2 is 2.14 bits per heavy atom. The van der Waals surface area contributed by atoms with E-state index in [0.717, 1.165) is 18.3 Å². The van der Waals surface area contributed by atoms with Crippen molar-refractivity contribution < 1.29 is 32.0 Å². The number of benzene rings is 1. The van der Waals surface area contributed by atoms with Crippen molar-refractivity contribution in [3.8, 4) is 5.75 Å². The molecule has 2 heterocycles. The molecule has 0 aliphatic carbocycles. The molecule has 9 nitrogen and oxygen atoms in total. The molecule has 0 aliphatic heterocycles. The molecule has 0 spiro atoms. The molecule has 28 heavy (non-hydrogen) atoms. The molecule has 1 amide bonds. The van der Waals surface area contributed by atoms with Crippen molar-refractivity contribution in [1.29, 1.82) is 0 Å². The van der Waals surface area contributed by atoms with E-state index in [1.807, 2.05) is 0 Å². The van der Waals surface area contributed by atoms with Crippen LogP contribution in [0.2, 0.25) is 0 Å². The van der Waals surface area contributed by atoms with E-state index in [1.165, 1.54) is 23.0 Å². The summed E-state index contributed by atoms with van der Waals surface area (Å²) in [5, 5.41) is 16.7. The first-order valence-corrected chi connectivity index (χ1v) is 7.63. The van der Waals surface area contributed by atoms with Crippen LogP contribution in [0, 0.1) is 15.9 Å². The van der Waals surface area contributed by atoms with Gasteiger partial charge in [0.1, 0.15) is 24.0 Å². The van der Waals surface area contributed by atoms with Gasteiger partial charge in [-0.1, -0.05) is 0 Å². The Bertz CT molecular complexity index is 1020. The molecule has 2 aromatic heterocycles. The van der Waals surface area contributed by atoms with E-state index in [2.05, 4.69) is 15.2 Å². The summed E-state index contributed by atoms with van der Waals surface area (Å²) in [4.78, 5) is 22.3. The van der Waals surface area contributed by atoms with E-state index in [0.29, 0.717) is 6.07 Å². The maximum atomic E-state index is 13.2. The Labute approximate surface area is 154 Å². The number of hydrogen-bond donors (Lipinski definition) is 1. The normalized spacial score (nSPS) is 10.9. The fourth-order valence-electron chi connectivity index (χ4n) is 2.25. The molecule has 0 aliphatic rings. The minimum absolute atomic E-state index is 0.0252. The highest BCUT2D eigenvalue weighted by Gasteiger charge is 2.17. The van der Waals surface area contributed by atoms with E-state index >= 15 is 0 Å². The van der Waals surface area contributed by atoms with Crippen LogP contribution in [-0.2, 0) is 6.54 Å². The van der Waals surface area contributed by atoms with Gasteiger partial charge in [-0.2, -0.15) is 13.9 Å². The summed E-state index contributed by atoms with van der Waals surface area (Å²) in [5.41, 5.74) is -0.375. The number of carbonyl (C=O) groups excluding carboxylic acids is 1. The number of furan rings is 1. The lowest BCUT2D eigenvalue weighted by Crippen LogP contribution is -2.13. The molecular formula is C16H11F3N4O5. The summed E-state index contributed by atoms with van der Waals surface area (Å²) in [7, 11) is 0. The third-order valence-corrected chi connectivity index (χ3v) is 3.44. The number of aromatic nitrogens is 2. The number of alkyl halides is 2. The highest BCUT2D eigenvalue weighted by atomic mass is 19.3. The Hall–Kier alpha value is -3.83. The smallest absolute Gasteiger partial charge is 0.387 e. The van der Waals surface area contributed by atoms with E-state index in [9.17, 15) is 28.1 Å². The average molecular weight is 396 g/mol. The molecule has 3 aromatic rings. The first-order chi connectivity index (χ1) is 13.3. The summed E-state index contributed by atoms with van der Waals surface area (Å²) < 4.78 is 48.8. The van der Waals surface area contributed by atoms with Gasteiger partial charge < -0.3 is 14.5 Å². The van der Waals surface area contributed by atoms with Crippen LogP contribution in [-0.4, -0.2) is 27.2 Å². The second kappa shape index (κ2) is 7.82. The van der Waals surface area contributed by atoms with Gasteiger partial charge >= 0.3 is 12.3 Å². The lowest BCUT2D eigenvalue weighted by molar-refractivity contribution is -0.385. The van der Waals surface area contributed by atoms with Gasteiger partial charge in [0.05, 0.1) is 17.2 Å². The van der Waals surface area contributed by atoms with E-state index in [1.54, 1.807) is 0 Å². The number of nitrogens with zero attached hydrogens (tertiary/aromatic N) is 3. The van der Waals surface area contributed by atoms with Crippen LogP contribution < -0.4 is 10.1 Å². The van der Waals surface area contributed by atoms with E-state index < -0.39 is 29.0 Å². The zero-order chi connectivity index (χ0) is 20.3. The van der Waals surface area contributed by atoms with Crippen molar-refractivity contribution in [3.05, 3.63) is 70.2 Å². The Balaban J connectivity index is 1.71. The highest BCUT2D eigenvalue weighted by molar-refractivity contribution is 6.03. The number of carbonyl (C=O) groups is 1. The molecule has 1 N–H and O–H groups in total. The quantitative estimate of drug-likeness (QED) is 0.484. The van der Waals surface area contributed by atoms with E-state index in [4.69, 9.17) is 4.42 Å². The van der Waals surface area contributed by atoms with Crippen molar-refractivity contribution in [2.75, 3.05) is 5.32 Å². The molecule has 12 heteroatoms. The van der Waals surface area contributed by atoms with Gasteiger partial charge in [-0.3, -0.25) is 19.6 Å². The number of amides is 1. The van der Waals surface area contributed by atoms with Gasteiger partial charge in [0, 0.05) is 6.07 Å². The Kier molecular flexibility index (Phi) is 5.29. The lowest BCUT2D eigenvalue weighted by atomic mass is 10.2. The van der Waals surface area contributed by atoms with Gasteiger partial charge in [0.15, 0.2) is 11.5 Å². The number of nitro groups is 1. The fraction of sp³-hybridized carbons (Fsp3) is 0.125. The van der Waals surface area contributed by atoms with Crippen LogP contribution in [0.5, 0.6) is 5.75 Å². The number of rotatable bonds is 7. The lowest BCUT2D eigenvalue weighted by Gasteiger charge is -2.11. The van der Waals surface area contributed by atoms with Crippen LogP contribution in [0.4, 0.5) is 24.5 Å². The first-order valence-electron chi connectivity index (χ1n) is 7.63. The van der Waals surface area contributed by atoms with Gasteiger partial charge in [0.25, 0.3) is 5.91 Å². The minimum Gasteiger partial charge on any atom is -0.454 e. The Morgan fingerprint density at radius 1 is 1.36 bits per heavy atom. The Morgan fingerprint density at radius 3 is 2.82 bits per heavy atom. The molecule has 3 rings (SSSR count). The number of hydrogen-bond acceptors (Lipinski definition) is 6. The van der Waals surface area contributed by atoms with Crippen molar-refractivity contribution in [1.82, 2.24) is 9.78 Å².